The van der Waals surface area contributed by atoms with Gasteiger partial charge in [-0.2, -0.15) is 5.26 Å². The highest BCUT2D eigenvalue weighted by Gasteiger charge is 2.20. The molecule has 0 atom stereocenters. The maximum atomic E-state index is 12.9. The van der Waals surface area contributed by atoms with E-state index in [0.29, 0.717) is 0 Å². The van der Waals surface area contributed by atoms with E-state index in [0.717, 1.165) is 10.6 Å². The zero-order valence-corrected chi connectivity index (χ0v) is 14.3. The molecule has 0 fully saturated rings. The fraction of sp³-hybridized carbons (Fsp3) is 0.176. The summed E-state index contributed by atoms with van der Waals surface area (Å²) in [6.45, 7) is -0.00644. The van der Waals surface area contributed by atoms with Crippen LogP contribution < -0.4 is 9.62 Å². The monoisotopic (exact) mass is 361 g/mol. The number of para-hydroxylation sites is 1. The minimum absolute atomic E-state index is 0.0308. The average molecular weight is 361 g/mol. The largest absolute Gasteiger partial charge is 0.350 e. The number of benzene rings is 2. The summed E-state index contributed by atoms with van der Waals surface area (Å²) < 4.78 is 38.0. The third-order valence-electron chi connectivity index (χ3n) is 3.40. The Bertz CT molecular complexity index is 905. The van der Waals surface area contributed by atoms with Crippen LogP contribution in [0.25, 0.3) is 0 Å². The molecule has 1 amide bonds. The number of carbonyl (C=O) groups excluding carboxylic acids is 1. The van der Waals surface area contributed by atoms with Crippen LogP contribution in [0.4, 0.5) is 10.1 Å². The van der Waals surface area contributed by atoms with Crippen LogP contribution in [0.15, 0.2) is 48.5 Å². The summed E-state index contributed by atoms with van der Waals surface area (Å²) >= 11 is 0. The molecule has 0 saturated heterocycles. The molecule has 0 aromatic heterocycles. The first-order valence-corrected chi connectivity index (χ1v) is 9.18. The Kier molecular flexibility index (Phi) is 5.72. The average Bonchev–Trinajstić information content (AvgIpc) is 2.58. The highest BCUT2D eigenvalue weighted by Crippen LogP contribution is 2.21. The second-order valence-corrected chi connectivity index (χ2v) is 7.13. The molecule has 0 radical (unpaired) electrons. The van der Waals surface area contributed by atoms with Crippen LogP contribution in [-0.2, 0) is 10.0 Å². The number of anilines is 1. The minimum atomic E-state index is -3.64. The fourth-order valence-electron chi connectivity index (χ4n) is 2.22. The van der Waals surface area contributed by atoms with E-state index in [1.165, 1.54) is 36.4 Å². The van der Waals surface area contributed by atoms with Gasteiger partial charge in [-0.1, -0.05) is 12.1 Å². The van der Waals surface area contributed by atoms with E-state index in [1.807, 2.05) is 6.07 Å². The highest BCUT2D eigenvalue weighted by atomic mass is 32.2. The molecule has 130 valence electrons. The minimum Gasteiger partial charge on any atom is -0.350 e. The molecule has 0 saturated carbocycles. The lowest BCUT2D eigenvalue weighted by molar-refractivity contribution is 0.0955. The molecule has 0 aliphatic heterocycles. The van der Waals surface area contributed by atoms with E-state index in [9.17, 15) is 17.6 Å². The lowest BCUT2D eigenvalue weighted by Crippen LogP contribution is -2.38. The van der Waals surface area contributed by atoms with Gasteiger partial charge in [0.25, 0.3) is 5.91 Å². The van der Waals surface area contributed by atoms with E-state index in [-0.39, 0.29) is 29.9 Å². The molecular weight excluding hydrogens is 345 g/mol. The van der Waals surface area contributed by atoms with E-state index in [2.05, 4.69) is 5.32 Å². The molecule has 0 aliphatic carbocycles. The second kappa shape index (κ2) is 7.77. The number of rotatable bonds is 6. The van der Waals surface area contributed by atoms with Crippen LogP contribution >= 0.6 is 0 Å². The summed E-state index contributed by atoms with van der Waals surface area (Å²) in [7, 11) is -3.64. The van der Waals surface area contributed by atoms with Crippen LogP contribution in [0.3, 0.4) is 0 Å². The smallest absolute Gasteiger partial charge is 0.251 e. The van der Waals surface area contributed by atoms with Gasteiger partial charge in [-0.25, -0.2) is 12.8 Å². The molecule has 2 rings (SSSR count). The van der Waals surface area contributed by atoms with Crippen molar-refractivity contribution in [1.29, 1.82) is 5.26 Å². The van der Waals surface area contributed by atoms with Gasteiger partial charge < -0.3 is 5.32 Å². The summed E-state index contributed by atoms with van der Waals surface area (Å²) in [5.74, 6) is -0.894. The molecule has 25 heavy (non-hydrogen) atoms. The third kappa shape index (κ3) is 4.78. The molecule has 0 spiro atoms. The van der Waals surface area contributed by atoms with Gasteiger partial charge in [-0.15, -0.1) is 0 Å². The van der Waals surface area contributed by atoms with Crippen molar-refractivity contribution in [1.82, 2.24) is 5.32 Å². The number of sulfonamides is 1. The SMILES string of the molecule is CS(=O)(=O)N(CCNC(=O)c1ccc(F)cc1)c1ccccc1C#N. The van der Waals surface area contributed by atoms with Crippen molar-refractivity contribution in [2.24, 2.45) is 0 Å². The molecule has 6 nitrogen and oxygen atoms in total. The Hall–Kier alpha value is -2.92. The maximum Gasteiger partial charge on any atom is 0.251 e. The lowest BCUT2D eigenvalue weighted by atomic mass is 10.2. The fourth-order valence-corrected chi connectivity index (χ4v) is 3.16. The Morgan fingerprint density at radius 2 is 1.84 bits per heavy atom. The first-order chi connectivity index (χ1) is 11.8. The number of nitrogens with one attached hydrogen (secondary N) is 1. The quantitative estimate of drug-likeness (QED) is 0.851. The molecule has 0 heterocycles. The summed E-state index contributed by atoms with van der Waals surface area (Å²) in [6.07, 6.45) is 1.03. The van der Waals surface area contributed by atoms with Crippen molar-refractivity contribution < 1.29 is 17.6 Å². The normalized spacial score (nSPS) is 10.8. The Morgan fingerprint density at radius 1 is 1.20 bits per heavy atom. The van der Waals surface area contributed by atoms with Crippen molar-refractivity contribution in [3.63, 3.8) is 0 Å². The summed E-state index contributed by atoms with van der Waals surface area (Å²) in [6, 6.07) is 13.3. The number of nitrogens with zero attached hydrogens (tertiary/aromatic N) is 2. The van der Waals surface area contributed by atoms with Crippen molar-refractivity contribution in [3.8, 4) is 6.07 Å². The molecule has 0 unspecified atom stereocenters. The molecule has 0 aliphatic rings. The molecule has 0 bridgehead atoms. The molecule has 2 aromatic rings. The number of halogens is 1. The predicted octanol–water partition coefficient (Wildman–Crippen LogP) is 1.89. The van der Waals surface area contributed by atoms with Gasteiger partial charge in [0, 0.05) is 12.1 Å². The van der Waals surface area contributed by atoms with Gasteiger partial charge in [0.1, 0.15) is 11.9 Å². The van der Waals surface area contributed by atoms with Gasteiger partial charge in [-0.05, 0) is 36.4 Å². The second-order valence-electron chi connectivity index (χ2n) is 5.23. The van der Waals surface area contributed by atoms with Crippen LogP contribution in [0.5, 0.6) is 0 Å². The van der Waals surface area contributed by atoms with Crippen LogP contribution in [0, 0.1) is 17.1 Å². The van der Waals surface area contributed by atoms with Crippen molar-refractivity contribution >= 4 is 21.6 Å². The lowest BCUT2D eigenvalue weighted by Gasteiger charge is -2.23. The maximum absolute atomic E-state index is 12.9. The first kappa shape index (κ1) is 18.4. The summed E-state index contributed by atoms with van der Waals surface area (Å²) in [4.78, 5) is 12.0. The highest BCUT2D eigenvalue weighted by molar-refractivity contribution is 7.92. The van der Waals surface area contributed by atoms with E-state index in [1.54, 1.807) is 12.1 Å². The van der Waals surface area contributed by atoms with E-state index in [4.69, 9.17) is 5.26 Å². The zero-order valence-electron chi connectivity index (χ0n) is 13.4. The number of carbonyl (C=O) groups is 1. The van der Waals surface area contributed by atoms with Crippen LogP contribution in [0.2, 0.25) is 0 Å². The van der Waals surface area contributed by atoms with E-state index < -0.39 is 21.7 Å². The number of hydrogen-bond donors (Lipinski definition) is 1. The van der Waals surface area contributed by atoms with Gasteiger partial charge in [-0.3, -0.25) is 9.10 Å². The Morgan fingerprint density at radius 3 is 2.44 bits per heavy atom. The topological polar surface area (TPSA) is 90.3 Å². The van der Waals surface area contributed by atoms with Gasteiger partial charge in [0.15, 0.2) is 0 Å². The Balaban J connectivity index is 2.10. The number of nitriles is 1. The molecule has 1 N–H and O–H groups in total. The molecule has 2 aromatic carbocycles. The van der Waals surface area contributed by atoms with Gasteiger partial charge >= 0.3 is 0 Å². The standard InChI is InChI=1S/C17H16FN3O3S/c1-25(23,24)21(16-5-3-2-4-14(16)12-19)11-10-20-17(22)13-6-8-15(18)9-7-13/h2-9H,10-11H2,1H3,(H,20,22). The first-order valence-electron chi connectivity index (χ1n) is 7.33. The third-order valence-corrected chi connectivity index (χ3v) is 4.58. The van der Waals surface area contributed by atoms with Crippen molar-refractivity contribution in [2.45, 2.75) is 0 Å². The van der Waals surface area contributed by atoms with Crippen LogP contribution in [-0.4, -0.2) is 33.7 Å². The van der Waals surface area contributed by atoms with Gasteiger partial charge in [0.2, 0.25) is 10.0 Å². The van der Waals surface area contributed by atoms with E-state index >= 15 is 0 Å². The predicted molar refractivity (Wildman–Crippen MR) is 92.1 cm³/mol. The molecular formula is C17H16FN3O3S. The van der Waals surface area contributed by atoms with Crippen molar-refractivity contribution in [3.05, 3.63) is 65.5 Å². The number of hydrogen-bond acceptors (Lipinski definition) is 4. The van der Waals surface area contributed by atoms with Crippen molar-refractivity contribution in [2.75, 3.05) is 23.7 Å². The zero-order chi connectivity index (χ0) is 18.4. The molecule has 8 heteroatoms. The van der Waals surface area contributed by atoms with Gasteiger partial charge in [0.05, 0.1) is 24.1 Å². The Labute approximate surface area is 145 Å². The van der Waals surface area contributed by atoms with Crippen LogP contribution in [0.1, 0.15) is 15.9 Å². The summed E-state index contributed by atoms with van der Waals surface area (Å²) in [5, 5.41) is 11.7. The summed E-state index contributed by atoms with van der Waals surface area (Å²) in [5.41, 5.74) is 0.742. The number of amides is 1.